The first-order chi connectivity index (χ1) is 9.65. The van der Waals surface area contributed by atoms with Crippen LogP contribution >= 0.6 is 0 Å². The highest BCUT2D eigenvalue weighted by Crippen LogP contribution is 2.01. The quantitative estimate of drug-likeness (QED) is 0.473. The van der Waals surface area contributed by atoms with E-state index in [1.54, 1.807) is 0 Å². The van der Waals surface area contributed by atoms with Gasteiger partial charge in [-0.15, -0.1) is 0 Å². The molecule has 124 valence electrons. The number of hydrogen-bond donors (Lipinski definition) is 2. The Hall–Kier alpha value is -1.10. The third kappa shape index (κ3) is 10.3. The van der Waals surface area contributed by atoms with Gasteiger partial charge in [-0.25, -0.2) is 0 Å². The molecule has 2 N–H and O–H groups in total. The Balaban J connectivity index is 3.74. The monoisotopic (exact) mass is 300 g/mol. The normalized spacial score (nSPS) is 11.8. The molecule has 0 aliphatic heterocycles. The lowest BCUT2D eigenvalue weighted by atomic mass is 10.2. The fraction of sp³-hybridized carbons (Fsp3) is 0.875. The lowest BCUT2D eigenvalue weighted by molar-refractivity contribution is -0.890. The van der Waals surface area contributed by atoms with Gasteiger partial charge in [0, 0.05) is 37.8 Å². The van der Waals surface area contributed by atoms with Crippen LogP contribution in [-0.4, -0.2) is 56.6 Å². The second-order valence-electron chi connectivity index (χ2n) is 6.98. The number of carbonyl (C=O) groups excluding carboxylic acids is 2. The fourth-order valence-corrected chi connectivity index (χ4v) is 1.96. The van der Waals surface area contributed by atoms with Crippen LogP contribution in [0.5, 0.6) is 0 Å². The number of rotatable bonds is 10. The van der Waals surface area contributed by atoms with E-state index in [-0.39, 0.29) is 23.7 Å². The summed E-state index contributed by atoms with van der Waals surface area (Å²) in [5, 5.41) is 5.89. The highest BCUT2D eigenvalue weighted by molar-refractivity contribution is 5.78. The molecule has 2 amide bonds. The minimum Gasteiger partial charge on any atom is -0.356 e. The topological polar surface area (TPSA) is 58.2 Å². The van der Waals surface area contributed by atoms with Crippen molar-refractivity contribution >= 4 is 11.8 Å². The van der Waals surface area contributed by atoms with Crippen LogP contribution in [0.15, 0.2) is 0 Å². The standard InChI is InChI=1S/C16H33N3O2/c1-13(2)15(20)17-9-7-11-19(5,6)12-8-10-18-16(21)14(3)4/h13-14H,7-12H2,1-6H3,(H-,17,18,20,21)/p+1. The maximum Gasteiger partial charge on any atom is 0.222 e. The number of hydrogen-bond acceptors (Lipinski definition) is 2. The molecular weight excluding hydrogens is 266 g/mol. The molecule has 0 fully saturated rings. The molecule has 5 heteroatoms. The van der Waals surface area contributed by atoms with Crippen LogP contribution < -0.4 is 10.6 Å². The van der Waals surface area contributed by atoms with E-state index in [9.17, 15) is 9.59 Å². The van der Waals surface area contributed by atoms with Crippen molar-refractivity contribution in [3.8, 4) is 0 Å². The maximum absolute atomic E-state index is 11.4. The highest BCUT2D eigenvalue weighted by Gasteiger charge is 2.15. The molecule has 0 aliphatic rings. The Morgan fingerprint density at radius 2 is 1.14 bits per heavy atom. The molecule has 0 spiro atoms. The van der Waals surface area contributed by atoms with Gasteiger partial charge in [-0.3, -0.25) is 9.59 Å². The van der Waals surface area contributed by atoms with Gasteiger partial charge in [0.15, 0.2) is 0 Å². The molecule has 0 bridgehead atoms. The molecule has 0 rings (SSSR count). The van der Waals surface area contributed by atoms with Crippen molar-refractivity contribution < 1.29 is 14.1 Å². The summed E-state index contributed by atoms with van der Waals surface area (Å²) in [6.45, 7) is 11.1. The number of carbonyl (C=O) groups is 2. The van der Waals surface area contributed by atoms with E-state index in [1.807, 2.05) is 27.7 Å². The van der Waals surface area contributed by atoms with Crippen molar-refractivity contribution in [2.45, 2.75) is 40.5 Å². The molecule has 0 saturated heterocycles. The Morgan fingerprint density at radius 3 is 1.43 bits per heavy atom. The van der Waals surface area contributed by atoms with E-state index in [1.165, 1.54) is 0 Å². The molecule has 0 atom stereocenters. The number of nitrogens with one attached hydrogen (secondary N) is 2. The molecule has 21 heavy (non-hydrogen) atoms. The SMILES string of the molecule is CC(C)C(=O)NCCC[N+](C)(C)CCCNC(=O)C(C)C. The summed E-state index contributed by atoms with van der Waals surface area (Å²) < 4.78 is 0.912. The first-order valence-corrected chi connectivity index (χ1v) is 8.03. The number of quaternary nitrogens is 1. The fourth-order valence-electron chi connectivity index (χ4n) is 1.96. The van der Waals surface area contributed by atoms with Crippen LogP contribution in [0.2, 0.25) is 0 Å². The molecule has 0 saturated carbocycles. The lowest BCUT2D eigenvalue weighted by Crippen LogP contribution is -2.44. The van der Waals surface area contributed by atoms with Gasteiger partial charge < -0.3 is 15.1 Å². The van der Waals surface area contributed by atoms with E-state index in [0.29, 0.717) is 0 Å². The molecule has 0 aromatic heterocycles. The smallest absolute Gasteiger partial charge is 0.222 e. The summed E-state index contributed by atoms with van der Waals surface area (Å²) in [5.41, 5.74) is 0. The maximum atomic E-state index is 11.4. The van der Waals surface area contributed by atoms with Crippen LogP contribution in [0.4, 0.5) is 0 Å². The van der Waals surface area contributed by atoms with Crippen LogP contribution in [0.25, 0.3) is 0 Å². The third-order valence-corrected chi connectivity index (χ3v) is 3.53. The molecule has 0 aliphatic carbocycles. The number of amides is 2. The zero-order valence-corrected chi connectivity index (χ0v) is 14.7. The molecule has 0 aromatic carbocycles. The molecule has 0 radical (unpaired) electrons. The van der Waals surface area contributed by atoms with Gasteiger partial charge in [-0.05, 0) is 0 Å². The van der Waals surface area contributed by atoms with E-state index in [0.717, 1.165) is 43.5 Å². The van der Waals surface area contributed by atoms with Gasteiger partial charge in [0.2, 0.25) is 11.8 Å². The van der Waals surface area contributed by atoms with E-state index in [2.05, 4.69) is 24.7 Å². The highest BCUT2D eigenvalue weighted by atomic mass is 16.2. The van der Waals surface area contributed by atoms with Crippen LogP contribution in [0.1, 0.15) is 40.5 Å². The van der Waals surface area contributed by atoms with E-state index in [4.69, 9.17) is 0 Å². The summed E-state index contributed by atoms with van der Waals surface area (Å²) >= 11 is 0. The van der Waals surface area contributed by atoms with E-state index >= 15 is 0 Å². The van der Waals surface area contributed by atoms with Gasteiger partial charge >= 0.3 is 0 Å². The minimum absolute atomic E-state index is 0.0528. The van der Waals surface area contributed by atoms with Gasteiger partial charge in [-0.1, -0.05) is 27.7 Å². The largest absolute Gasteiger partial charge is 0.356 e. The van der Waals surface area contributed by atoms with Gasteiger partial charge in [0.05, 0.1) is 27.2 Å². The van der Waals surface area contributed by atoms with Crippen LogP contribution in [0, 0.1) is 11.8 Å². The number of nitrogens with zero attached hydrogens (tertiary/aromatic N) is 1. The van der Waals surface area contributed by atoms with Crippen molar-refractivity contribution in [3.05, 3.63) is 0 Å². The van der Waals surface area contributed by atoms with Gasteiger partial charge in [-0.2, -0.15) is 0 Å². The molecule has 0 heterocycles. The molecule has 0 aromatic rings. The zero-order valence-electron chi connectivity index (χ0n) is 14.7. The zero-order chi connectivity index (χ0) is 16.5. The molecule has 0 unspecified atom stereocenters. The van der Waals surface area contributed by atoms with Gasteiger partial charge in [0.1, 0.15) is 0 Å². The summed E-state index contributed by atoms with van der Waals surface area (Å²) in [7, 11) is 4.38. The van der Waals surface area contributed by atoms with Crippen molar-refractivity contribution in [2.24, 2.45) is 11.8 Å². The summed E-state index contributed by atoms with van der Waals surface area (Å²) in [6, 6.07) is 0. The second kappa shape index (κ2) is 9.77. The Kier molecular flexibility index (Phi) is 9.26. The first kappa shape index (κ1) is 19.9. The van der Waals surface area contributed by atoms with Crippen LogP contribution in [-0.2, 0) is 9.59 Å². The summed E-state index contributed by atoms with van der Waals surface area (Å²) in [6.07, 6.45) is 1.95. The third-order valence-electron chi connectivity index (χ3n) is 3.53. The molecular formula is C16H34N3O2+. The van der Waals surface area contributed by atoms with Crippen LogP contribution in [0.3, 0.4) is 0 Å². The van der Waals surface area contributed by atoms with E-state index < -0.39 is 0 Å². The summed E-state index contributed by atoms with van der Waals surface area (Å²) in [4.78, 5) is 22.9. The van der Waals surface area contributed by atoms with Gasteiger partial charge in [0.25, 0.3) is 0 Å². The first-order valence-electron chi connectivity index (χ1n) is 8.03. The lowest BCUT2D eigenvalue weighted by Gasteiger charge is -2.30. The predicted molar refractivity (Wildman–Crippen MR) is 86.8 cm³/mol. The average Bonchev–Trinajstić information content (AvgIpc) is 2.38. The Labute approximate surface area is 130 Å². The molecule has 5 nitrogen and oxygen atoms in total. The second-order valence-corrected chi connectivity index (χ2v) is 6.98. The van der Waals surface area contributed by atoms with Crippen molar-refractivity contribution in [1.82, 2.24) is 10.6 Å². The Morgan fingerprint density at radius 1 is 0.810 bits per heavy atom. The average molecular weight is 300 g/mol. The van der Waals surface area contributed by atoms with Crippen molar-refractivity contribution in [1.29, 1.82) is 0 Å². The Bertz CT molecular complexity index is 295. The summed E-state index contributed by atoms with van der Waals surface area (Å²) in [5.74, 6) is 0.350. The van der Waals surface area contributed by atoms with Crippen molar-refractivity contribution in [3.63, 3.8) is 0 Å². The van der Waals surface area contributed by atoms with Crippen molar-refractivity contribution in [2.75, 3.05) is 40.3 Å². The minimum atomic E-state index is 0.0528. The predicted octanol–water partition coefficient (Wildman–Crippen LogP) is 1.39.